The van der Waals surface area contributed by atoms with Crippen molar-refractivity contribution in [3.8, 4) is 11.3 Å². The first-order chi connectivity index (χ1) is 9.15. The number of aliphatic carboxylic acids is 1. The monoisotopic (exact) mass is 257 g/mol. The number of amides is 1. The van der Waals surface area contributed by atoms with Gasteiger partial charge in [-0.2, -0.15) is 5.10 Å². The third-order valence-electron chi connectivity index (χ3n) is 2.34. The molecule has 6 heteroatoms. The lowest BCUT2D eigenvalue weighted by Crippen LogP contribution is -2.08. The summed E-state index contributed by atoms with van der Waals surface area (Å²) < 4.78 is 0. The van der Waals surface area contributed by atoms with Gasteiger partial charge in [-0.1, -0.05) is 12.1 Å². The quantitative estimate of drug-likeness (QED) is 0.726. The highest BCUT2D eigenvalue weighted by Gasteiger charge is 2.01. The van der Waals surface area contributed by atoms with Crippen molar-refractivity contribution in [2.24, 2.45) is 0 Å². The highest BCUT2D eigenvalue weighted by atomic mass is 16.4. The number of anilines is 1. The van der Waals surface area contributed by atoms with E-state index in [0.29, 0.717) is 5.69 Å². The normalized spacial score (nSPS) is 10.5. The molecular formula is C13H11N3O3. The van der Waals surface area contributed by atoms with Gasteiger partial charge in [-0.25, -0.2) is 4.79 Å². The van der Waals surface area contributed by atoms with Crippen LogP contribution in [0.3, 0.4) is 0 Å². The smallest absolute Gasteiger partial charge is 0.328 e. The number of nitrogens with zero attached hydrogens (tertiary/aromatic N) is 1. The second-order valence-corrected chi connectivity index (χ2v) is 3.71. The molecule has 96 valence electrons. The molecular weight excluding hydrogens is 246 g/mol. The number of H-pyrrole nitrogens is 1. The van der Waals surface area contributed by atoms with Crippen LogP contribution >= 0.6 is 0 Å². The number of rotatable bonds is 4. The van der Waals surface area contributed by atoms with E-state index in [-0.39, 0.29) is 0 Å². The molecule has 1 amide bonds. The summed E-state index contributed by atoms with van der Waals surface area (Å²) in [5, 5.41) is 17.6. The fraction of sp³-hybridized carbons (Fsp3) is 0. The Morgan fingerprint density at radius 3 is 2.47 bits per heavy atom. The maximum absolute atomic E-state index is 11.4. The number of benzene rings is 1. The highest BCUT2D eigenvalue weighted by Crippen LogP contribution is 2.18. The minimum absolute atomic E-state index is 0.489. The molecule has 2 aromatic rings. The van der Waals surface area contributed by atoms with Crippen LogP contribution in [0.5, 0.6) is 0 Å². The van der Waals surface area contributed by atoms with Crippen molar-refractivity contribution in [1.29, 1.82) is 0 Å². The van der Waals surface area contributed by atoms with E-state index >= 15 is 0 Å². The Balaban J connectivity index is 2.03. The van der Waals surface area contributed by atoms with Gasteiger partial charge in [0.05, 0.1) is 5.69 Å². The number of nitrogens with one attached hydrogen (secondary N) is 2. The Hall–Kier alpha value is -2.89. The maximum Gasteiger partial charge on any atom is 0.328 e. The molecule has 2 rings (SSSR count). The Morgan fingerprint density at radius 1 is 1.16 bits per heavy atom. The fourth-order valence-corrected chi connectivity index (χ4v) is 1.48. The third kappa shape index (κ3) is 3.53. The lowest BCUT2D eigenvalue weighted by Gasteiger charge is -2.03. The number of aromatic nitrogens is 2. The van der Waals surface area contributed by atoms with Crippen LogP contribution in [0.1, 0.15) is 0 Å². The zero-order valence-electron chi connectivity index (χ0n) is 9.83. The SMILES string of the molecule is O=C(O)/C=C/C(=O)Nc1ccc(-c2ccn[nH]2)cc1. The standard InChI is InChI=1S/C13H11N3O3/c17-12(5-6-13(18)19)15-10-3-1-9(2-4-10)11-7-8-14-16-11/h1-8H,(H,14,16)(H,15,17)(H,18,19)/b6-5+. The second-order valence-electron chi connectivity index (χ2n) is 3.71. The molecule has 1 aromatic carbocycles. The molecule has 1 heterocycles. The van der Waals surface area contributed by atoms with Gasteiger partial charge in [0.2, 0.25) is 5.91 Å². The molecule has 0 radical (unpaired) electrons. The first kappa shape index (κ1) is 12.6. The molecule has 1 aromatic heterocycles. The van der Waals surface area contributed by atoms with Crippen LogP contribution < -0.4 is 5.32 Å². The number of carboxylic acids is 1. The average molecular weight is 257 g/mol. The summed E-state index contributed by atoms with van der Waals surface area (Å²) in [6.45, 7) is 0. The molecule has 6 nitrogen and oxygen atoms in total. The maximum atomic E-state index is 11.4. The zero-order valence-corrected chi connectivity index (χ0v) is 9.83. The number of carbonyl (C=O) groups is 2. The molecule has 0 spiro atoms. The van der Waals surface area contributed by atoms with Crippen LogP contribution in [0, 0.1) is 0 Å². The Morgan fingerprint density at radius 2 is 1.89 bits per heavy atom. The van der Waals surface area contributed by atoms with E-state index in [1.165, 1.54) is 0 Å². The summed E-state index contributed by atoms with van der Waals surface area (Å²) >= 11 is 0. The summed E-state index contributed by atoms with van der Waals surface area (Å²) in [5.74, 6) is -1.65. The van der Waals surface area contributed by atoms with Crippen LogP contribution in [0.2, 0.25) is 0 Å². The van der Waals surface area contributed by atoms with Crippen LogP contribution in [0.25, 0.3) is 11.3 Å². The van der Waals surface area contributed by atoms with E-state index in [0.717, 1.165) is 23.4 Å². The molecule has 19 heavy (non-hydrogen) atoms. The molecule has 0 bridgehead atoms. The van der Waals surface area contributed by atoms with Crippen molar-refractivity contribution < 1.29 is 14.7 Å². The summed E-state index contributed by atoms with van der Waals surface area (Å²) in [5.41, 5.74) is 2.41. The van der Waals surface area contributed by atoms with Crippen LogP contribution in [-0.4, -0.2) is 27.2 Å². The number of carbonyl (C=O) groups excluding carboxylic acids is 1. The van der Waals surface area contributed by atoms with E-state index in [4.69, 9.17) is 5.11 Å². The van der Waals surface area contributed by atoms with Crippen molar-refractivity contribution in [1.82, 2.24) is 10.2 Å². The molecule has 3 N–H and O–H groups in total. The molecule has 0 fully saturated rings. The van der Waals surface area contributed by atoms with Gasteiger partial charge < -0.3 is 10.4 Å². The largest absolute Gasteiger partial charge is 0.478 e. The van der Waals surface area contributed by atoms with Crippen LogP contribution in [0.4, 0.5) is 5.69 Å². The van der Waals surface area contributed by atoms with E-state index < -0.39 is 11.9 Å². The van der Waals surface area contributed by atoms with E-state index in [2.05, 4.69) is 15.5 Å². The molecule has 0 unspecified atom stereocenters. The van der Waals surface area contributed by atoms with E-state index in [1.807, 2.05) is 18.2 Å². The Kier molecular flexibility index (Phi) is 3.72. The van der Waals surface area contributed by atoms with Crippen molar-refractivity contribution in [2.45, 2.75) is 0 Å². The lowest BCUT2D eigenvalue weighted by atomic mass is 10.1. The Bertz CT molecular complexity index is 601. The highest BCUT2D eigenvalue weighted by molar-refractivity contribution is 6.02. The van der Waals surface area contributed by atoms with Crippen molar-refractivity contribution in [3.63, 3.8) is 0 Å². The van der Waals surface area contributed by atoms with Gasteiger partial charge in [0.1, 0.15) is 0 Å². The van der Waals surface area contributed by atoms with Gasteiger partial charge in [-0.3, -0.25) is 9.89 Å². The van der Waals surface area contributed by atoms with Crippen LogP contribution in [-0.2, 0) is 9.59 Å². The molecule has 0 saturated heterocycles. The van der Waals surface area contributed by atoms with Crippen LogP contribution in [0.15, 0.2) is 48.7 Å². The van der Waals surface area contributed by atoms with E-state index in [1.54, 1.807) is 18.3 Å². The number of hydrogen-bond donors (Lipinski definition) is 3. The molecule has 0 atom stereocenters. The predicted molar refractivity (Wildman–Crippen MR) is 69.4 cm³/mol. The van der Waals surface area contributed by atoms with Crippen molar-refractivity contribution in [3.05, 3.63) is 48.7 Å². The summed E-state index contributed by atoms with van der Waals surface area (Å²) in [4.78, 5) is 21.6. The fourth-order valence-electron chi connectivity index (χ4n) is 1.48. The van der Waals surface area contributed by atoms with Crippen molar-refractivity contribution in [2.75, 3.05) is 5.32 Å². The third-order valence-corrected chi connectivity index (χ3v) is 2.34. The number of carboxylic acid groups (broad SMARTS) is 1. The number of hydrogen-bond acceptors (Lipinski definition) is 3. The summed E-state index contributed by atoms with van der Waals surface area (Å²) in [6.07, 6.45) is 3.40. The summed E-state index contributed by atoms with van der Waals surface area (Å²) in [6, 6.07) is 8.93. The number of aromatic amines is 1. The average Bonchev–Trinajstić information content (AvgIpc) is 2.91. The van der Waals surface area contributed by atoms with Crippen molar-refractivity contribution >= 4 is 17.6 Å². The zero-order chi connectivity index (χ0) is 13.7. The van der Waals surface area contributed by atoms with Gasteiger partial charge in [0, 0.05) is 24.0 Å². The van der Waals surface area contributed by atoms with Gasteiger partial charge in [0.25, 0.3) is 0 Å². The molecule has 0 saturated carbocycles. The lowest BCUT2D eigenvalue weighted by molar-refractivity contribution is -0.131. The van der Waals surface area contributed by atoms with E-state index in [9.17, 15) is 9.59 Å². The predicted octanol–water partition coefficient (Wildman–Crippen LogP) is 1.66. The summed E-state index contributed by atoms with van der Waals surface area (Å²) in [7, 11) is 0. The van der Waals surface area contributed by atoms with Gasteiger partial charge >= 0.3 is 5.97 Å². The van der Waals surface area contributed by atoms with Gasteiger partial charge in [-0.15, -0.1) is 0 Å². The van der Waals surface area contributed by atoms with Gasteiger partial charge in [0.15, 0.2) is 0 Å². The minimum atomic E-state index is -1.16. The molecule has 0 aliphatic carbocycles. The Labute approximate surface area is 108 Å². The minimum Gasteiger partial charge on any atom is -0.478 e. The topological polar surface area (TPSA) is 95.1 Å². The van der Waals surface area contributed by atoms with Gasteiger partial charge in [-0.05, 0) is 23.8 Å². The second kappa shape index (κ2) is 5.63. The molecule has 0 aliphatic rings. The first-order valence-electron chi connectivity index (χ1n) is 5.47. The molecule has 0 aliphatic heterocycles. The first-order valence-corrected chi connectivity index (χ1v) is 5.47.